The number of hydrogen-bond acceptors (Lipinski definition) is 8. The minimum absolute atomic E-state index is 0.0301. The van der Waals surface area contributed by atoms with Crippen LogP contribution >= 0.6 is 0 Å². The van der Waals surface area contributed by atoms with Crippen LogP contribution in [0.25, 0.3) is 5.65 Å². The number of piperidine rings is 1. The molecule has 1 aromatic carbocycles. The molecule has 2 aromatic heterocycles. The summed E-state index contributed by atoms with van der Waals surface area (Å²) in [5, 5.41) is 10.9. The van der Waals surface area contributed by atoms with E-state index in [0.717, 1.165) is 29.7 Å². The Kier molecular flexibility index (Phi) is 9.48. The summed E-state index contributed by atoms with van der Waals surface area (Å²) in [5.74, 6) is 0.517. The first-order valence-corrected chi connectivity index (χ1v) is 13.5. The average Bonchev–Trinajstić information content (AvgIpc) is 3.38. The Morgan fingerprint density at radius 3 is 2.74 bits per heavy atom. The zero-order valence-electron chi connectivity index (χ0n) is 22.7. The molecule has 4 N–H and O–H groups in total. The van der Waals surface area contributed by atoms with Crippen molar-refractivity contribution in [2.24, 2.45) is 11.7 Å². The molecule has 1 aliphatic heterocycles. The number of carbonyl (C=O) groups excluding carboxylic acids is 2. The molecule has 0 saturated carbocycles. The first-order chi connectivity index (χ1) is 18.9. The lowest BCUT2D eigenvalue weighted by Crippen LogP contribution is -2.40. The number of rotatable bonds is 12. The molecular weight excluding hydrogens is 496 g/mol. The third-order valence-corrected chi connectivity index (χ3v) is 6.82. The fraction of sp³-hybridized carbons (Fsp3) is 0.464. The lowest BCUT2D eigenvalue weighted by atomic mass is 9.95. The number of carbonyl (C=O) groups is 2. The molecule has 0 bridgehead atoms. The van der Waals surface area contributed by atoms with Gasteiger partial charge in [-0.25, -0.2) is 0 Å². The highest BCUT2D eigenvalue weighted by atomic mass is 16.5. The van der Waals surface area contributed by atoms with Crippen LogP contribution in [0.15, 0.2) is 43.1 Å². The number of likely N-dealkylation sites (tertiary alicyclic amines) is 1. The SMILES string of the molecule is C=CC(=O)N1CCC(C(=O)Nc2cccc(CNc3nc(OCCCCN)nc4c(C(C)C)cnn34)c2)CC1. The van der Waals surface area contributed by atoms with Crippen LogP contribution in [0, 0.1) is 5.92 Å². The maximum atomic E-state index is 12.9. The second-order valence-electron chi connectivity index (χ2n) is 10.0. The number of hydrogen-bond donors (Lipinski definition) is 3. The Hall–Kier alpha value is -3.99. The van der Waals surface area contributed by atoms with Gasteiger partial charge in [-0.3, -0.25) is 9.59 Å². The van der Waals surface area contributed by atoms with Crippen LogP contribution in [0.1, 0.15) is 56.6 Å². The Morgan fingerprint density at radius 1 is 1.23 bits per heavy atom. The van der Waals surface area contributed by atoms with Crippen molar-refractivity contribution in [3.63, 3.8) is 0 Å². The van der Waals surface area contributed by atoms with Crippen LogP contribution in [0.4, 0.5) is 11.6 Å². The third kappa shape index (κ3) is 7.11. The van der Waals surface area contributed by atoms with Gasteiger partial charge in [0.05, 0.1) is 12.8 Å². The van der Waals surface area contributed by atoms with Crippen molar-refractivity contribution < 1.29 is 14.3 Å². The van der Waals surface area contributed by atoms with Gasteiger partial charge in [0.15, 0.2) is 5.65 Å². The van der Waals surface area contributed by atoms with Gasteiger partial charge in [0, 0.05) is 36.8 Å². The molecule has 3 aromatic rings. The minimum atomic E-state index is -0.131. The lowest BCUT2D eigenvalue weighted by Gasteiger charge is -2.30. The summed E-state index contributed by atoms with van der Waals surface area (Å²) in [6.45, 7) is 10.4. The van der Waals surface area contributed by atoms with Gasteiger partial charge in [0.25, 0.3) is 0 Å². The molecule has 0 radical (unpaired) electrons. The lowest BCUT2D eigenvalue weighted by molar-refractivity contribution is -0.130. The highest BCUT2D eigenvalue weighted by Gasteiger charge is 2.26. The largest absolute Gasteiger partial charge is 0.463 e. The van der Waals surface area contributed by atoms with Crippen LogP contribution < -0.4 is 21.1 Å². The number of benzene rings is 1. The summed E-state index contributed by atoms with van der Waals surface area (Å²) in [7, 11) is 0. The summed E-state index contributed by atoms with van der Waals surface area (Å²) in [6.07, 6.45) is 6.10. The number of nitrogens with two attached hydrogens (primary N) is 1. The molecule has 0 unspecified atom stereocenters. The second-order valence-corrected chi connectivity index (χ2v) is 10.0. The molecule has 1 aliphatic rings. The maximum Gasteiger partial charge on any atom is 0.321 e. The van der Waals surface area contributed by atoms with Crippen LogP contribution in [0.5, 0.6) is 6.01 Å². The van der Waals surface area contributed by atoms with Gasteiger partial charge in [-0.15, -0.1) is 0 Å². The fourth-order valence-electron chi connectivity index (χ4n) is 4.55. The summed E-state index contributed by atoms with van der Waals surface area (Å²) < 4.78 is 7.52. The smallest absolute Gasteiger partial charge is 0.321 e. The fourth-order valence-corrected chi connectivity index (χ4v) is 4.55. The number of fused-ring (bicyclic) bond motifs is 1. The van der Waals surface area contributed by atoms with Crippen molar-refractivity contribution >= 4 is 29.1 Å². The number of anilines is 2. The molecule has 4 rings (SSSR count). The van der Waals surface area contributed by atoms with E-state index >= 15 is 0 Å². The van der Waals surface area contributed by atoms with Crippen molar-refractivity contribution in [1.82, 2.24) is 24.5 Å². The molecule has 2 amide bonds. The van der Waals surface area contributed by atoms with Crippen LogP contribution in [-0.4, -0.2) is 62.5 Å². The second kappa shape index (κ2) is 13.2. The molecule has 0 aliphatic carbocycles. The molecular formula is C28H38N8O3. The number of nitrogens with zero attached hydrogens (tertiary/aromatic N) is 5. The van der Waals surface area contributed by atoms with Crippen molar-refractivity contribution in [3.8, 4) is 6.01 Å². The molecule has 1 fully saturated rings. The summed E-state index contributed by atoms with van der Waals surface area (Å²) in [6, 6.07) is 7.99. The molecule has 0 spiro atoms. The van der Waals surface area contributed by atoms with Crippen molar-refractivity contribution in [3.05, 3.63) is 54.2 Å². The zero-order chi connectivity index (χ0) is 27.8. The molecule has 1 saturated heterocycles. The number of ether oxygens (including phenoxy) is 1. The molecule has 3 heterocycles. The molecule has 11 nitrogen and oxygen atoms in total. The maximum absolute atomic E-state index is 12.9. The zero-order valence-corrected chi connectivity index (χ0v) is 22.7. The van der Waals surface area contributed by atoms with Gasteiger partial charge >= 0.3 is 6.01 Å². The van der Waals surface area contributed by atoms with Crippen LogP contribution in [-0.2, 0) is 16.1 Å². The van der Waals surface area contributed by atoms with E-state index in [0.29, 0.717) is 63.2 Å². The normalized spacial score (nSPS) is 14.0. The Labute approximate surface area is 228 Å². The number of amides is 2. The van der Waals surface area contributed by atoms with E-state index in [2.05, 4.69) is 46.1 Å². The quantitative estimate of drug-likeness (QED) is 0.237. The van der Waals surface area contributed by atoms with Crippen molar-refractivity contribution in [2.75, 3.05) is 36.9 Å². The highest BCUT2D eigenvalue weighted by molar-refractivity contribution is 5.93. The predicted octanol–water partition coefficient (Wildman–Crippen LogP) is 3.34. The van der Waals surface area contributed by atoms with Crippen molar-refractivity contribution in [2.45, 2.75) is 52.0 Å². The summed E-state index contributed by atoms with van der Waals surface area (Å²) in [4.78, 5) is 35.6. The molecule has 0 atom stereocenters. The van der Waals surface area contributed by atoms with E-state index in [1.54, 1.807) is 9.42 Å². The summed E-state index contributed by atoms with van der Waals surface area (Å²) in [5.41, 5.74) is 8.99. The number of nitrogens with one attached hydrogen (secondary N) is 2. The third-order valence-electron chi connectivity index (χ3n) is 6.82. The number of unbranched alkanes of at least 4 members (excludes halogenated alkanes) is 1. The van der Waals surface area contributed by atoms with E-state index in [-0.39, 0.29) is 23.7 Å². The highest BCUT2D eigenvalue weighted by Crippen LogP contribution is 2.24. The van der Waals surface area contributed by atoms with E-state index in [1.165, 1.54) is 6.08 Å². The van der Waals surface area contributed by atoms with Gasteiger partial charge in [-0.05, 0) is 61.9 Å². The Morgan fingerprint density at radius 2 is 2.03 bits per heavy atom. The Bertz CT molecular complexity index is 1300. The van der Waals surface area contributed by atoms with Gasteiger partial charge in [0.2, 0.25) is 17.8 Å². The molecule has 208 valence electrons. The van der Waals surface area contributed by atoms with E-state index in [4.69, 9.17) is 10.5 Å². The van der Waals surface area contributed by atoms with Crippen LogP contribution in [0.2, 0.25) is 0 Å². The van der Waals surface area contributed by atoms with Gasteiger partial charge < -0.3 is 26.0 Å². The minimum Gasteiger partial charge on any atom is -0.463 e. The molecule has 11 heteroatoms. The first-order valence-electron chi connectivity index (χ1n) is 13.5. The van der Waals surface area contributed by atoms with Gasteiger partial charge in [-0.1, -0.05) is 32.6 Å². The standard InChI is InChI=1S/C28H38N8O3/c1-4-24(37)35-13-10-21(11-14-35)26(38)32-22-9-7-8-20(16-22)17-30-27-34-28(39-15-6-5-12-29)33-25-23(19(2)3)18-31-36(25)27/h4,7-9,16,18-19,21H,1,5-6,10-15,17,29H2,2-3H3,(H,32,38)(H,30,33,34). The van der Waals surface area contributed by atoms with Crippen LogP contribution in [0.3, 0.4) is 0 Å². The monoisotopic (exact) mass is 534 g/mol. The van der Waals surface area contributed by atoms with E-state index < -0.39 is 0 Å². The number of aromatic nitrogens is 4. The van der Waals surface area contributed by atoms with E-state index in [9.17, 15) is 9.59 Å². The molecule has 39 heavy (non-hydrogen) atoms. The summed E-state index contributed by atoms with van der Waals surface area (Å²) >= 11 is 0. The van der Waals surface area contributed by atoms with Gasteiger partial charge in [0.1, 0.15) is 0 Å². The van der Waals surface area contributed by atoms with E-state index in [1.807, 2.05) is 30.5 Å². The first kappa shape index (κ1) is 28.0. The average molecular weight is 535 g/mol. The topological polar surface area (TPSA) is 140 Å². The Balaban J connectivity index is 1.42. The van der Waals surface area contributed by atoms with Gasteiger partial charge in [-0.2, -0.15) is 19.6 Å². The van der Waals surface area contributed by atoms with Crippen molar-refractivity contribution in [1.29, 1.82) is 0 Å². The predicted molar refractivity (Wildman–Crippen MR) is 151 cm³/mol.